The fraction of sp³-hybridized carbons (Fsp3) is 0.250. The summed E-state index contributed by atoms with van der Waals surface area (Å²) in [5.74, 6) is -0.630. The topological polar surface area (TPSA) is 116 Å². The Morgan fingerprint density at radius 2 is 2.09 bits per heavy atom. The average molecular weight is 159 g/mol. The highest BCUT2D eigenvalue weighted by Crippen LogP contribution is 2.22. The molecule has 0 aliphatic rings. The molecule has 0 spiro atoms. The van der Waals surface area contributed by atoms with Gasteiger partial charge in [0, 0.05) is 0 Å². The Balaban J connectivity index is 3.36. The lowest BCUT2D eigenvalue weighted by molar-refractivity contribution is -0.687. The first-order chi connectivity index (χ1) is 5.09. The van der Waals surface area contributed by atoms with Gasteiger partial charge in [-0.3, -0.25) is 0 Å². The molecule has 0 aromatic carbocycles. The first-order valence-electron chi connectivity index (χ1n) is 2.70. The highest BCUT2D eigenvalue weighted by Gasteiger charge is 2.20. The summed E-state index contributed by atoms with van der Waals surface area (Å²) in [4.78, 5) is -0.154. The van der Waals surface area contributed by atoms with Gasteiger partial charge < -0.3 is 26.6 Å². The Labute approximate surface area is 61.9 Å². The molecule has 0 bridgehead atoms. The lowest BCUT2D eigenvalue weighted by Gasteiger charge is -2.05. The molecule has 1 aromatic rings. The van der Waals surface area contributed by atoms with Gasteiger partial charge in [0.15, 0.2) is 11.5 Å². The number of nitrogens with two attached hydrogens (primary N) is 2. The molecule has 0 aliphatic heterocycles. The van der Waals surface area contributed by atoms with Crippen LogP contribution >= 0.6 is 0 Å². The van der Waals surface area contributed by atoms with E-state index in [1.54, 1.807) is 0 Å². The number of rotatable bonds is 1. The van der Waals surface area contributed by atoms with E-state index in [-0.39, 0.29) is 27.1 Å². The Morgan fingerprint density at radius 3 is 2.27 bits per heavy atom. The van der Waals surface area contributed by atoms with Gasteiger partial charge >= 0.3 is 5.88 Å². The van der Waals surface area contributed by atoms with Crippen molar-refractivity contribution in [1.29, 1.82) is 0 Å². The zero-order chi connectivity index (χ0) is 8.59. The minimum absolute atomic E-state index is 0.0648. The molecule has 0 fully saturated rings. The highest BCUT2D eigenvalue weighted by molar-refractivity contribution is 5.63. The Morgan fingerprint density at radius 1 is 1.55 bits per heavy atom. The van der Waals surface area contributed by atoms with Gasteiger partial charge in [-0.1, -0.05) is 0 Å². The molecule has 0 atom stereocenters. The fourth-order valence-corrected chi connectivity index (χ4v) is 0.684. The number of aromatic nitrogens is 2. The number of anilines is 2. The fourth-order valence-electron chi connectivity index (χ4n) is 0.684. The molecule has 1 rings (SSSR count). The van der Waals surface area contributed by atoms with Crippen molar-refractivity contribution in [3.63, 3.8) is 0 Å². The maximum atomic E-state index is 10.7. The molecule has 1 aromatic heterocycles. The predicted octanol–water partition coefficient (Wildman–Crippen LogP) is -1.36. The molecule has 0 radical (unpaired) electrons. The minimum Gasteiger partial charge on any atom is -0.756 e. The van der Waals surface area contributed by atoms with E-state index < -0.39 is 0 Å². The summed E-state index contributed by atoms with van der Waals surface area (Å²) >= 11 is 0. The van der Waals surface area contributed by atoms with E-state index in [9.17, 15) is 10.4 Å². The van der Waals surface area contributed by atoms with Crippen LogP contribution in [0.4, 0.5) is 11.5 Å². The summed E-state index contributed by atoms with van der Waals surface area (Å²) in [6.45, 7) is 0. The highest BCUT2D eigenvalue weighted by atomic mass is 16.6. The van der Waals surface area contributed by atoms with E-state index in [0.717, 1.165) is 0 Å². The monoisotopic (exact) mass is 159 g/mol. The van der Waals surface area contributed by atoms with Crippen LogP contribution in [-0.2, 0) is 0 Å². The number of methoxy groups -OCH3 is 1. The van der Waals surface area contributed by atoms with E-state index in [1.165, 1.54) is 7.11 Å². The number of nitrogen functional groups attached to an aromatic ring is 2. The molecular weight excluding hydrogens is 152 g/mol. The first-order valence-corrected chi connectivity index (χ1v) is 2.70. The summed E-state index contributed by atoms with van der Waals surface area (Å²) < 4.78 is 4.50. The molecule has 11 heavy (non-hydrogen) atoms. The van der Waals surface area contributed by atoms with Crippen molar-refractivity contribution in [3.8, 4) is 5.88 Å². The van der Waals surface area contributed by atoms with Crippen LogP contribution in [0.1, 0.15) is 0 Å². The van der Waals surface area contributed by atoms with Crippen LogP contribution < -0.4 is 21.0 Å². The Hall–Kier alpha value is -1.79. The van der Waals surface area contributed by atoms with Crippen molar-refractivity contribution >= 4 is 11.5 Å². The molecule has 7 heteroatoms. The summed E-state index contributed by atoms with van der Waals surface area (Å²) in [5, 5.41) is 21.4. The number of ether oxygens (including phenoxy) is 1. The normalized spacial score (nSPS) is 9.91. The number of nitrogens with zero attached hydrogens (tertiary/aromatic N) is 2. The van der Waals surface area contributed by atoms with Gasteiger partial charge in [-0.25, -0.2) is 0 Å². The second kappa shape index (κ2) is 2.11. The largest absolute Gasteiger partial charge is 0.756 e. The van der Waals surface area contributed by atoms with Crippen molar-refractivity contribution in [1.82, 2.24) is 4.85 Å². The molecule has 1 heterocycles. The molecule has 0 aliphatic carbocycles. The summed E-state index contributed by atoms with van der Waals surface area (Å²) in [7, 11) is 1.22. The standard InChI is InChI=1S/C4H7N4O3/c1-11-4-2(5)3(6)7(9)8(4)10/h5-6H2,1H3/q-1. The van der Waals surface area contributed by atoms with Crippen LogP contribution in [0.5, 0.6) is 5.88 Å². The van der Waals surface area contributed by atoms with Crippen molar-refractivity contribution in [2.24, 2.45) is 0 Å². The van der Waals surface area contributed by atoms with Gasteiger partial charge in [0.25, 0.3) is 0 Å². The van der Waals surface area contributed by atoms with Gasteiger partial charge in [0.2, 0.25) is 0 Å². The Kier molecular flexibility index (Phi) is 1.41. The van der Waals surface area contributed by atoms with Crippen molar-refractivity contribution in [2.75, 3.05) is 18.6 Å². The maximum absolute atomic E-state index is 10.7. The quantitative estimate of drug-likeness (QED) is 0.387. The van der Waals surface area contributed by atoms with Crippen LogP contribution in [0.25, 0.3) is 0 Å². The van der Waals surface area contributed by atoms with Gasteiger partial charge in [-0.05, 0) is 4.85 Å². The lowest BCUT2D eigenvalue weighted by Crippen LogP contribution is -2.36. The third-order valence-corrected chi connectivity index (χ3v) is 1.24. The second-order valence-electron chi connectivity index (χ2n) is 1.85. The lowest BCUT2D eigenvalue weighted by atomic mass is 10.5. The van der Waals surface area contributed by atoms with E-state index >= 15 is 0 Å². The maximum Gasteiger partial charge on any atom is 0.431 e. The summed E-state index contributed by atoms with van der Waals surface area (Å²) in [5.41, 5.74) is 10.2. The van der Waals surface area contributed by atoms with Gasteiger partial charge in [-0.2, -0.15) is 0 Å². The van der Waals surface area contributed by atoms with Crippen LogP contribution in [0.3, 0.4) is 0 Å². The predicted molar refractivity (Wildman–Crippen MR) is 37.5 cm³/mol. The minimum atomic E-state index is -0.350. The van der Waals surface area contributed by atoms with E-state index in [4.69, 9.17) is 11.5 Å². The molecule has 0 unspecified atom stereocenters. The van der Waals surface area contributed by atoms with Crippen molar-refractivity contribution < 1.29 is 9.58 Å². The molecule has 0 saturated heterocycles. The zero-order valence-corrected chi connectivity index (χ0v) is 5.77. The second-order valence-corrected chi connectivity index (χ2v) is 1.85. The van der Waals surface area contributed by atoms with Gasteiger partial charge in [-0.15, -0.1) is 4.85 Å². The third-order valence-electron chi connectivity index (χ3n) is 1.24. The van der Waals surface area contributed by atoms with Gasteiger partial charge in [0.05, 0.1) is 7.11 Å². The van der Waals surface area contributed by atoms with Crippen LogP contribution in [0.15, 0.2) is 0 Å². The van der Waals surface area contributed by atoms with E-state index in [0.29, 0.717) is 0 Å². The molecular formula is C4H7N4O3-. The van der Waals surface area contributed by atoms with E-state index in [1.807, 2.05) is 0 Å². The van der Waals surface area contributed by atoms with E-state index in [2.05, 4.69) is 4.74 Å². The first kappa shape index (κ1) is 7.32. The van der Waals surface area contributed by atoms with Gasteiger partial charge in [0.1, 0.15) is 0 Å². The summed E-state index contributed by atoms with van der Waals surface area (Å²) in [6, 6.07) is 0. The smallest absolute Gasteiger partial charge is 0.431 e. The van der Waals surface area contributed by atoms with Crippen LogP contribution in [0.2, 0.25) is 0 Å². The SMILES string of the molecule is COc1c(N)c(N)n([O-])[n+]1[O-]. The zero-order valence-electron chi connectivity index (χ0n) is 5.77. The molecule has 7 nitrogen and oxygen atoms in total. The molecule has 4 N–H and O–H groups in total. The third kappa shape index (κ3) is 0.775. The molecule has 0 amide bonds. The van der Waals surface area contributed by atoms with Crippen LogP contribution in [0, 0.1) is 10.4 Å². The van der Waals surface area contributed by atoms with Crippen molar-refractivity contribution in [2.45, 2.75) is 0 Å². The number of hydrogen-bond donors (Lipinski definition) is 2. The summed E-state index contributed by atoms with van der Waals surface area (Å²) in [6.07, 6.45) is 0. The number of hydrogen-bond acceptors (Lipinski definition) is 5. The molecule has 62 valence electrons. The Bertz CT molecular complexity index is 256. The van der Waals surface area contributed by atoms with Crippen LogP contribution in [-0.4, -0.2) is 12.0 Å². The molecule has 0 saturated carbocycles. The average Bonchev–Trinajstić information content (AvgIpc) is 2.17. The van der Waals surface area contributed by atoms with Crippen molar-refractivity contribution in [3.05, 3.63) is 10.4 Å².